The molecule has 1 aromatic carbocycles. The number of amides is 1. The predicted octanol–water partition coefficient (Wildman–Crippen LogP) is 0.239. The molecule has 3 rings (SSSR count). The second-order valence-electron chi connectivity index (χ2n) is 4.85. The number of aliphatic carboxylic acids is 1. The molecule has 2 atom stereocenters. The van der Waals surface area contributed by atoms with E-state index >= 15 is 0 Å². The van der Waals surface area contributed by atoms with Crippen molar-refractivity contribution in [3.63, 3.8) is 0 Å². The van der Waals surface area contributed by atoms with Gasteiger partial charge in [-0.1, -0.05) is 18.2 Å². The number of carboxylic acid groups (broad SMARTS) is 1. The third kappa shape index (κ3) is 2.82. The van der Waals surface area contributed by atoms with Crippen LogP contribution >= 0.6 is 0 Å². The maximum absolute atomic E-state index is 12.1. The number of aromatic nitrogens is 3. The highest BCUT2D eigenvalue weighted by Crippen LogP contribution is 2.14. The van der Waals surface area contributed by atoms with E-state index in [1.807, 2.05) is 30.3 Å². The molecule has 114 valence electrons. The van der Waals surface area contributed by atoms with Crippen molar-refractivity contribution >= 4 is 11.9 Å². The highest BCUT2D eigenvalue weighted by atomic mass is 16.5. The minimum absolute atomic E-state index is 0.0140. The van der Waals surface area contributed by atoms with Gasteiger partial charge >= 0.3 is 5.97 Å². The zero-order chi connectivity index (χ0) is 15.5. The van der Waals surface area contributed by atoms with Gasteiger partial charge in [0.05, 0.1) is 11.7 Å². The van der Waals surface area contributed by atoms with E-state index in [1.54, 1.807) is 0 Å². The number of ether oxygens (including phenoxy) is 1. The first-order valence-electron chi connectivity index (χ1n) is 6.77. The van der Waals surface area contributed by atoms with Crippen LogP contribution in [0, 0.1) is 0 Å². The monoisotopic (exact) mass is 302 g/mol. The molecule has 0 radical (unpaired) electrons. The summed E-state index contributed by atoms with van der Waals surface area (Å²) in [4.78, 5) is 27.1. The summed E-state index contributed by atoms with van der Waals surface area (Å²) in [6, 6.07) is 8.67. The fraction of sp³-hybridized carbons (Fsp3) is 0.286. The Balaban J connectivity index is 1.71. The van der Waals surface area contributed by atoms with E-state index in [9.17, 15) is 9.59 Å². The fourth-order valence-electron chi connectivity index (χ4n) is 2.29. The Morgan fingerprint density at radius 2 is 2.09 bits per heavy atom. The van der Waals surface area contributed by atoms with Crippen molar-refractivity contribution in [1.29, 1.82) is 0 Å². The van der Waals surface area contributed by atoms with Crippen molar-refractivity contribution in [1.82, 2.24) is 20.1 Å². The Kier molecular flexibility index (Phi) is 3.84. The lowest BCUT2D eigenvalue weighted by Gasteiger charge is -2.14. The van der Waals surface area contributed by atoms with Crippen LogP contribution in [-0.2, 0) is 9.53 Å². The van der Waals surface area contributed by atoms with Crippen LogP contribution in [-0.4, -0.2) is 50.5 Å². The van der Waals surface area contributed by atoms with Gasteiger partial charge in [-0.3, -0.25) is 4.79 Å². The van der Waals surface area contributed by atoms with Crippen LogP contribution in [0.4, 0.5) is 0 Å². The zero-order valence-electron chi connectivity index (χ0n) is 11.5. The van der Waals surface area contributed by atoms with Gasteiger partial charge in [-0.15, -0.1) is 5.10 Å². The molecule has 1 aromatic heterocycles. The van der Waals surface area contributed by atoms with E-state index in [-0.39, 0.29) is 5.82 Å². The molecule has 0 saturated carbocycles. The Labute approximate surface area is 125 Å². The summed E-state index contributed by atoms with van der Waals surface area (Å²) < 4.78 is 6.56. The van der Waals surface area contributed by atoms with Gasteiger partial charge < -0.3 is 15.2 Å². The lowest BCUT2D eigenvalue weighted by atomic mass is 10.1. The molecule has 22 heavy (non-hydrogen) atoms. The summed E-state index contributed by atoms with van der Waals surface area (Å²) in [5, 5.41) is 15.7. The van der Waals surface area contributed by atoms with Crippen LogP contribution in [0.2, 0.25) is 0 Å². The summed E-state index contributed by atoms with van der Waals surface area (Å²) in [7, 11) is 0. The molecule has 1 aliphatic rings. The summed E-state index contributed by atoms with van der Waals surface area (Å²) in [6.07, 6.45) is 0.853. The van der Waals surface area contributed by atoms with Crippen molar-refractivity contribution < 1.29 is 19.4 Å². The fourth-order valence-corrected chi connectivity index (χ4v) is 2.29. The van der Waals surface area contributed by atoms with Gasteiger partial charge in [0.1, 0.15) is 6.33 Å². The molecule has 0 unspecified atom stereocenters. The standard InChI is InChI=1S/C14H14N4O4/c19-13(16-10-6-7-22-11(10)14(20)21)12-15-8-18(17-12)9-4-2-1-3-5-9/h1-5,8,10-11H,6-7H2,(H,16,19)(H,20,21)/t10-,11+/m0/s1. The van der Waals surface area contributed by atoms with Gasteiger partial charge in [0.25, 0.3) is 5.91 Å². The third-order valence-corrected chi connectivity index (χ3v) is 3.37. The van der Waals surface area contributed by atoms with Crippen LogP contribution in [0.5, 0.6) is 0 Å². The molecular weight excluding hydrogens is 288 g/mol. The highest BCUT2D eigenvalue weighted by molar-refractivity contribution is 5.91. The molecule has 2 heterocycles. The van der Waals surface area contributed by atoms with Crippen LogP contribution in [0.15, 0.2) is 36.7 Å². The molecule has 1 fully saturated rings. The minimum atomic E-state index is -1.09. The lowest BCUT2D eigenvalue weighted by Crippen LogP contribution is -2.44. The summed E-state index contributed by atoms with van der Waals surface area (Å²) in [6.45, 7) is 0.299. The molecule has 0 spiro atoms. The van der Waals surface area contributed by atoms with Crippen LogP contribution in [0.3, 0.4) is 0 Å². The quantitative estimate of drug-likeness (QED) is 0.838. The molecule has 8 heteroatoms. The van der Waals surface area contributed by atoms with Crippen molar-refractivity contribution in [2.24, 2.45) is 0 Å². The number of nitrogens with zero attached hydrogens (tertiary/aromatic N) is 3. The van der Waals surface area contributed by atoms with E-state index in [2.05, 4.69) is 15.4 Å². The predicted molar refractivity (Wildman–Crippen MR) is 74.6 cm³/mol. The van der Waals surface area contributed by atoms with Gasteiger partial charge in [-0.05, 0) is 18.6 Å². The third-order valence-electron chi connectivity index (χ3n) is 3.37. The second kappa shape index (κ2) is 5.94. The zero-order valence-corrected chi connectivity index (χ0v) is 11.5. The summed E-state index contributed by atoms with van der Waals surface area (Å²) in [5.41, 5.74) is 0.779. The molecule has 1 amide bonds. The topological polar surface area (TPSA) is 106 Å². The molecule has 0 aliphatic carbocycles. The number of carboxylic acids is 1. The van der Waals surface area contributed by atoms with E-state index in [0.29, 0.717) is 13.0 Å². The van der Waals surface area contributed by atoms with Crippen LogP contribution in [0.1, 0.15) is 17.0 Å². The molecule has 8 nitrogen and oxygen atoms in total. The smallest absolute Gasteiger partial charge is 0.334 e. The molecule has 2 aromatic rings. The number of carbonyl (C=O) groups excluding carboxylic acids is 1. The van der Waals surface area contributed by atoms with E-state index in [4.69, 9.17) is 9.84 Å². The normalized spacial score (nSPS) is 20.7. The van der Waals surface area contributed by atoms with Gasteiger partial charge in [0.2, 0.25) is 5.82 Å². The van der Waals surface area contributed by atoms with Crippen LogP contribution in [0.25, 0.3) is 5.69 Å². The van der Waals surface area contributed by atoms with Gasteiger partial charge in [-0.2, -0.15) is 0 Å². The maximum atomic E-state index is 12.1. The SMILES string of the molecule is O=C(N[C@H]1CCO[C@H]1C(=O)O)c1ncn(-c2ccccc2)n1. The molecular formula is C14H14N4O4. The average Bonchev–Trinajstić information content (AvgIpc) is 3.17. The van der Waals surface area contributed by atoms with Gasteiger partial charge in [0.15, 0.2) is 6.10 Å². The van der Waals surface area contributed by atoms with Crippen molar-refractivity contribution in [3.8, 4) is 5.69 Å². The molecule has 1 aliphatic heterocycles. The number of nitrogens with one attached hydrogen (secondary N) is 1. The Hall–Kier alpha value is -2.74. The highest BCUT2D eigenvalue weighted by Gasteiger charge is 2.35. The van der Waals surface area contributed by atoms with Gasteiger partial charge in [-0.25, -0.2) is 14.5 Å². The molecule has 1 saturated heterocycles. The lowest BCUT2D eigenvalue weighted by molar-refractivity contribution is -0.148. The minimum Gasteiger partial charge on any atom is -0.479 e. The number of carbonyl (C=O) groups is 2. The van der Waals surface area contributed by atoms with Gasteiger partial charge in [0, 0.05) is 6.61 Å². The van der Waals surface area contributed by atoms with E-state index < -0.39 is 24.0 Å². The van der Waals surface area contributed by atoms with Crippen molar-refractivity contribution in [2.75, 3.05) is 6.61 Å². The van der Waals surface area contributed by atoms with Crippen molar-refractivity contribution in [3.05, 3.63) is 42.5 Å². The van der Waals surface area contributed by atoms with Crippen molar-refractivity contribution in [2.45, 2.75) is 18.6 Å². The van der Waals surface area contributed by atoms with E-state index in [0.717, 1.165) is 5.69 Å². The second-order valence-corrected chi connectivity index (χ2v) is 4.85. The number of para-hydroxylation sites is 1. The summed E-state index contributed by atoms with van der Waals surface area (Å²) >= 11 is 0. The Bertz CT molecular complexity index is 685. The van der Waals surface area contributed by atoms with E-state index in [1.165, 1.54) is 11.0 Å². The number of rotatable bonds is 4. The largest absolute Gasteiger partial charge is 0.479 e. The number of hydrogen-bond acceptors (Lipinski definition) is 5. The average molecular weight is 302 g/mol. The summed E-state index contributed by atoms with van der Waals surface area (Å²) in [5.74, 6) is -1.62. The maximum Gasteiger partial charge on any atom is 0.334 e. The molecule has 2 N–H and O–H groups in total. The first-order valence-corrected chi connectivity index (χ1v) is 6.77. The molecule has 0 bridgehead atoms. The van der Waals surface area contributed by atoms with Crippen LogP contribution < -0.4 is 5.32 Å². The first kappa shape index (κ1) is 14.2. The number of hydrogen-bond donors (Lipinski definition) is 2. The Morgan fingerprint density at radius 3 is 2.82 bits per heavy atom. The first-order chi connectivity index (χ1) is 10.6. The Morgan fingerprint density at radius 1 is 1.32 bits per heavy atom. The number of benzene rings is 1.